The molecule has 0 heterocycles. The van der Waals surface area contributed by atoms with Crippen LogP contribution in [0.2, 0.25) is 0 Å². The van der Waals surface area contributed by atoms with Crippen LogP contribution in [0, 0.1) is 0 Å². The van der Waals surface area contributed by atoms with Gasteiger partial charge in [-0.15, -0.1) is 0 Å². The molecule has 3 rings (SSSR count). The second kappa shape index (κ2) is 5.13. The molecule has 0 aromatic heterocycles. The number of ketones is 1. The molecule has 0 aliphatic heterocycles. The third-order valence-electron chi connectivity index (χ3n) is 4.11. The van der Waals surface area contributed by atoms with Gasteiger partial charge < -0.3 is 4.74 Å². The number of carbonyl (C=O) groups is 1. The standard InChI is InChI=1S/C16H20O2/c17-15-10-4-9-14-13(15)8-5-11-16(14)18-12-6-2-1-3-7-12/h5,8,11-12H,1-4,6-7,9-10H2. The predicted octanol–water partition coefficient (Wildman–Crippen LogP) is 3.92. The van der Waals surface area contributed by atoms with Crippen LogP contribution in [-0.2, 0) is 6.42 Å². The summed E-state index contributed by atoms with van der Waals surface area (Å²) in [4.78, 5) is 11.9. The molecule has 1 aromatic carbocycles. The molecule has 1 fully saturated rings. The molecule has 0 saturated heterocycles. The molecule has 96 valence electrons. The van der Waals surface area contributed by atoms with Crippen LogP contribution in [-0.4, -0.2) is 11.9 Å². The Bertz CT molecular complexity index is 444. The van der Waals surface area contributed by atoms with Gasteiger partial charge in [-0.3, -0.25) is 4.79 Å². The fourth-order valence-corrected chi connectivity index (χ4v) is 3.12. The summed E-state index contributed by atoms with van der Waals surface area (Å²) in [5, 5.41) is 0. The van der Waals surface area contributed by atoms with Crippen molar-refractivity contribution < 1.29 is 9.53 Å². The van der Waals surface area contributed by atoms with Crippen LogP contribution in [0.4, 0.5) is 0 Å². The first-order valence-electron chi connectivity index (χ1n) is 7.16. The fourth-order valence-electron chi connectivity index (χ4n) is 3.12. The second-order valence-corrected chi connectivity index (χ2v) is 5.44. The van der Waals surface area contributed by atoms with Crippen molar-refractivity contribution in [2.75, 3.05) is 0 Å². The van der Waals surface area contributed by atoms with E-state index in [1.54, 1.807) is 0 Å². The first kappa shape index (κ1) is 11.8. The summed E-state index contributed by atoms with van der Waals surface area (Å²) in [5.74, 6) is 1.25. The van der Waals surface area contributed by atoms with Gasteiger partial charge in [-0.25, -0.2) is 0 Å². The minimum Gasteiger partial charge on any atom is -0.490 e. The van der Waals surface area contributed by atoms with Gasteiger partial charge in [-0.1, -0.05) is 18.6 Å². The van der Waals surface area contributed by atoms with Crippen molar-refractivity contribution in [3.8, 4) is 5.75 Å². The van der Waals surface area contributed by atoms with Crippen LogP contribution in [0.1, 0.15) is 60.9 Å². The molecule has 0 atom stereocenters. The normalized spacial score (nSPS) is 20.6. The highest BCUT2D eigenvalue weighted by atomic mass is 16.5. The average molecular weight is 244 g/mol. The topological polar surface area (TPSA) is 26.3 Å². The van der Waals surface area contributed by atoms with E-state index in [2.05, 4.69) is 0 Å². The van der Waals surface area contributed by atoms with Crippen LogP contribution >= 0.6 is 0 Å². The lowest BCUT2D eigenvalue weighted by Crippen LogP contribution is -2.21. The minimum atomic E-state index is 0.283. The van der Waals surface area contributed by atoms with Crippen molar-refractivity contribution in [1.29, 1.82) is 0 Å². The van der Waals surface area contributed by atoms with Gasteiger partial charge in [0.1, 0.15) is 5.75 Å². The van der Waals surface area contributed by atoms with Crippen molar-refractivity contribution >= 4 is 5.78 Å². The first-order chi connectivity index (χ1) is 8.84. The monoisotopic (exact) mass is 244 g/mol. The predicted molar refractivity (Wildman–Crippen MR) is 71.2 cm³/mol. The Morgan fingerprint density at radius 2 is 1.83 bits per heavy atom. The van der Waals surface area contributed by atoms with Crippen LogP contribution in [0.3, 0.4) is 0 Å². The number of benzene rings is 1. The highest BCUT2D eigenvalue weighted by Crippen LogP contribution is 2.32. The van der Waals surface area contributed by atoms with E-state index in [1.165, 1.54) is 19.3 Å². The third kappa shape index (κ3) is 2.29. The number of hydrogen-bond donors (Lipinski definition) is 0. The molecule has 18 heavy (non-hydrogen) atoms. The summed E-state index contributed by atoms with van der Waals surface area (Å²) in [6.07, 6.45) is 9.24. The fraction of sp³-hybridized carbons (Fsp3) is 0.562. The molecule has 1 saturated carbocycles. The van der Waals surface area contributed by atoms with Gasteiger partial charge >= 0.3 is 0 Å². The largest absolute Gasteiger partial charge is 0.490 e. The Morgan fingerprint density at radius 3 is 2.67 bits per heavy atom. The Kier molecular flexibility index (Phi) is 3.35. The summed E-state index contributed by atoms with van der Waals surface area (Å²) in [7, 11) is 0. The molecule has 0 spiro atoms. The second-order valence-electron chi connectivity index (χ2n) is 5.44. The molecule has 2 aliphatic carbocycles. The van der Waals surface area contributed by atoms with Crippen LogP contribution in [0.5, 0.6) is 5.75 Å². The van der Waals surface area contributed by atoms with Crippen molar-refractivity contribution in [2.45, 2.75) is 57.5 Å². The van der Waals surface area contributed by atoms with Crippen molar-refractivity contribution in [1.82, 2.24) is 0 Å². The Balaban J connectivity index is 1.83. The Labute approximate surface area is 108 Å². The summed E-state index contributed by atoms with van der Waals surface area (Å²) < 4.78 is 6.15. The molecular weight excluding hydrogens is 224 g/mol. The number of ether oxygens (including phenoxy) is 1. The van der Waals surface area contributed by atoms with Crippen molar-refractivity contribution in [2.24, 2.45) is 0 Å². The summed E-state index contributed by atoms with van der Waals surface area (Å²) in [6, 6.07) is 5.94. The zero-order chi connectivity index (χ0) is 12.4. The molecule has 1 aromatic rings. The van der Waals surface area contributed by atoms with Gasteiger partial charge in [0.25, 0.3) is 0 Å². The maximum absolute atomic E-state index is 11.9. The molecule has 2 aliphatic rings. The van der Waals surface area contributed by atoms with E-state index in [9.17, 15) is 4.79 Å². The summed E-state index contributed by atoms with van der Waals surface area (Å²) >= 11 is 0. The van der Waals surface area contributed by atoms with Gasteiger partial charge in [0.15, 0.2) is 5.78 Å². The van der Waals surface area contributed by atoms with Crippen LogP contribution in [0.15, 0.2) is 18.2 Å². The minimum absolute atomic E-state index is 0.283. The van der Waals surface area contributed by atoms with Crippen molar-refractivity contribution in [3.63, 3.8) is 0 Å². The SMILES string of the molecule is O=C1CCCc2c(OC3CCCCC3)cccc21. The van der Waals surface area contributed by atoms with Gasteiger partial charge in [0.05, 0.1) is 6.10 Å². The lowest BCUT2D eigenvalue weighted by molar-refractivity contribution is 0.0969. The van der Waals surface area contributed by atoms with Crippen LogP contribution < -0.4 is 4.74 Å². The molecular formula is C16H20O2. The Hall–Kier alpha value is -1.31. The van der Waals surface area contributed by atoms with E-state index < -0.39 is 0 Å². The number of fused-ring (bicyclic) bond motifs is 1. The molecule has 0 bridgehead atoms. The maximum Gasteiger partial charge on any atom is 0.163 e. The summed E-state index contributed by atoms with van der Waals surface area (Å²) in [6.45, 7) is 0. The Morgan fingerprint density at radius 1 is 1.00 bits per heavy atom. The van der Waals surface area contributed by atoms with Gasteiger partial charge in [-0.05, 0) is 44.6 Å². The molecule has 2 nitrogen and oxygen atoms in total. The number of Topliss-reactive ketones (excluding diaryl/α,β-unsaturated/α-hetero) is 1. The first-order valence-corrected chi connectivity index (χ1v) is 7.16. The molecule has 0 radical (unpaired) electrons. The smallest absolute Gasteiger partial charge is 0.163 e. The number of hydrogen-bond acceptors (Lipinski definition) is 2. The highest BCUT2D eigenvalue weighted by molar-refractivity contribution is 5.99. The number of carbonyl (C=O) groups excluding carboxylic acids is 1. The van der Waals surface area contributed by atoms with E-state index in [4.69, 9.17) is 4.74 Å². The van der Waals surface area contributed by atoms with E-state index >= 15 is 0 Å². The van der Waals surface area contributed by atoms with E-state index in [-0.39, 0.29) is 5.78 Å². The molecule has 0 amide bonds. The van der Waals surface area contributed by atoms with E-state index in [0.29, 0.717) is 12.5 Å². The quantitative estimate of drug-likeness (QED) is 0.788. The lowest BCUT2D eigenvalue weighted by Gasteiger charge is -2.26. The third-order valence-corrected chi connectivity index (χ3v) is 4.11. The molecule has 0 unspecified atom stereocenters. The van der Waals surface area contributed by atoms with Gasteiger partial charge in [-0.2, -0.15) is 0 Å². The average Bonchev–Trinajstić information content (AvgIpc) is 2.41. The zero-order valence-electron chi connectivity index (χ0n) is 10.8. The lowest BCUT2D eigenvalue weighted by atomic mass is 9.90. The highest BCUT2D eigenvalue weighted by Gasteiger charge is 2.22. The van der Waals surface area contributed by atoms with Gasteiger partial charge in [0.2, 0.25) is 0 Å². The van der Waals surface area contributed by atoms with Gasteiger partial charge in [0, 0.05) is 17.5 Å². The molecule has 2 heteroatoms. The number of rotatable bonds is 2. The van der Waals surface area contributed by atoms with Crippen LogP contribution in [0.25, 0.3) is 0 Å². The van der Waals surface area contributed by atoms with E-state index in [1.807, 2.05) is 18.2 Å². The summed E-state index contributed by atoms with van der Waals surface area (Å²) in [5.41, 5.74) is 2.05. The molecule has 0 N–H and O–H groups in total. The van der Waals surface area contributed by atoms with Crippen molar-refractivity contribution in [3.05, 3.63) is 29.3 Å². The zero-order valence-corrected chi connectivity index (χ0v) is 10.8. The van der Waals surface area contributed by atoms with E-state index in [0.717, 1.165) is 42.6 Å². The maximum atomic E-state index is 11.9.